The monoisotopic (exact) mass is 244 g/mol. The van der Waals surface area contributed by atoms with Gasteiger partial charge in [0.1, 0.15) is 4.60 Å². The molecular weight excluding hydrogens is 232 g/mol. The van der Waals surface area contributed by atoms with E-state index in [-0.39, 0.29) is 6.23 Å². The van der Waals surface area contributed by atoms with Gasteiger partial charge < -0.3 is 4.74 Å². The molecule has 0 aromatic carbocycles. The summed E-state index contributed by atoms with van der Waals surface area (Å²) in [4.78, 5) is 0. The van der Waals surface area contributed by atoms with Crippen molar-refractivity contribution in [2.45, 2.75) is 32.4 Å². The van der Waals surface area contributed by atoms with Crippen molar-refractivity contribution in [3.63, 3.8) is 0 Å². The van der Waals surface area contributed by atoms with Crippen LogP contribution in [-0.4, -0.2) is 16.4 Å². The minimum Gasteiger partial charge on any atom is -0.356 e. The largest absolute Gasteiger partial charge is 0.356 e. The number of hydrogen-bond acceptors (Lipinski definition) is 2. The topological polar surface area (TPSA) is 27.1 Å². The average molecular weight is 245 g/mol. The van der Waals surface area contributed by atoms with Gasteiger partial charge in [-0.3, -0.25) is 0 Å². The molecule has 1 fully saturated rings. The fourth-order valence-electron chi connectivity index (χ4n) is 1.55. The molecule has 0 spiro atoms. The molecule has 0 radical (unpaired) electrons. The lowest BCUT2D eigenvalue weighted by Crippen LogP contribution is -2.19. The molecule has 4 heteroatoms. The fourth-order valence-corrected chi connectivity index (χ4v) is 1.97. The van der Waals surface area contributed by atoms with Crippen molar-refractivity contribution in [3.8, 4) is 0 Å². The van der Waals surface area contributed by atoms with E-state index < -0.39 is 0 Å². The molecule has 2 rings (SSSR count). The highest BCUT2D eigenvalue weighted by molar-refractivity contribution is 9.10. The summed E-state index contributed by atoms with van der Waals surface area (Å²) < 4.78 is 8.59. The summed E-state index contributed by atoms with van der Waals surface area (Å²) in [6.45, 7) is 2.90. The fraction of sp³-hybridized carbons (Fsp3) is 0.667. The third-order valence-corrected chi connectivity index (χ3v) is 3.32. The highest BCUT2D eigenvalue weighted by Crippen LogP contribution is 2.26. The van der Waals surface area contributed by atoms with Gasteiger partial charge in [-0.15, -0.1) is 0 Å². The Labute approximate surface area is 86.2 Å². The van der Waals surface area contributed by atoms with Crippen molar-refractivity contribution < 1.29 is 4.74 Å². The van der Waals surface area contributed by atoms with Crippen LogP contribution in [0, 0.1) is 6.92 Å². The van der Waals surface area contributed by atoms with Crippen molar-refractivity contribution in [2.24, 2.45) is 0 Å². The molecule has 0 bridgehead atoms. The standard InChI is InChI=1S/C9H13BrN2O/c1-7-6-11-12(9(7)10)8-4-2-3-5-13-8/h6,8H,2-5H2,1H3/t8-/m1/s1. The van der Waals surface area contributed by atoms with Crippen LogP contribution in [0.2, 0.25) is 0 Å². The Morgan fingerprint density at radius 1 is 1.62 bits per heavy atom. The van der Waals surface area contributed by atoms with Gasteiger partial charge in [0.2, 0.25) is 0 Å². The van der Waals surface area contributed by atoms with Crippen LogP contribution in [0.5, 0.6) is 0 Å². The van der Waals surface area contributed by atoms with E-state index in [1.165, 1.54) is 12.8 Å². The van der Waals surface area contributed by atoms with E-state index in [1.807, 2.05) is 17.8 Å². The summed E-state index contributed by atoms with van der Waals surface area (Å²) >= 11 is 3.51. The molecule has 0 amide bonds. The van der Waals surface area contributed by atoms with Gasteiger partial charge in [-0.1, -0.05) is 0 Å². The Bertz CT molecular complexity index is 292. The number of nitrogens with zero attached hydrogens (tertiary/aromatic N) is 2. The molecule has 0 saturated carbocycles. The highest BCUT2D eigenvalue weighted by Gasteiger charge is 2.18. The Kier molecular flexibility index (Phi) is 2.69. The molecular formula is C9H13BrN2O. The van der Waals surface area contributed by atoms with E-state index >= 15 is 0 Å². The summed E-state index contributed by atoms with van der Waals surface area (Å²) in [5, 5.41) is 4.28. The van der Waals surface area contributed by atoms with E-state index in [0.29, 0.717) is 0 Å². The number of rotatable bonds is 1. The molecule has 0 aliphatic carbocycles. The molecule has 1 aromatic rings. The lowest BCUT2D eigenvalue weighted by molar-refractivity contribution is -0.0409. The minimum atomic E-state index is 0.136. The van der Waals surface area contributed by atoms with E-state index in [2.05, 4.69) is 21.0 Å². The second-order valence-corrected chi connectivity index (χ2v) is 4.14. The molecule has 13 heavy (non-hydrogen) atoms. The predicted molar refractivity (Wildman–Crippen MR) is 53.5 cm³/mol. The van der Waals surface area contributed by atoms with Crippen LogP contribution in [0.3, 0.4) is 0 Å². The van der Waals surface area contributed by atoms with E-state index in [9.17, 15) is 0 Å². The smallest absolute Gasteiger partial charge is 0.151 e. The van der Waals surface area contributed by atoms with Crippen LogP contribution in [0.1, 0.15) is 31.1 Å². The quantitative estimate of drug-likeness (QED) is 0.760. The first-order chi connectivity index (χ1) is 6.29. The van der Waals surface area contributed by atoms with Gasteiger partial charge in [-0.25, -0.2) is 4.68 Å². The van der Waals surface area contributed by atoms with Crippen LogP contribution in [0.4, 0.5) is 0 Å². The molecule has 0 unspecified atom stereocenters. The van der Waals surface area contributed by atoms with Crippen LogP contribution in [-0.2, 0) is 4.74 Å². The maximum absolute atomic E-state index is 5.63. The Balaban J connectivity index is 2.18. The normalized spacial score (nSPS) is 23.4. The van der Waals surface area contributed by atoms with E-state index in [1.54, 1.807) is 0 Å². The number of halogens is 1. The van der Waals surface area contributed by atoms with Gasteiger partial charge in [0.05, 0.1) is 6.20 Å². The Morgan fingerprint density at radius 2 is 2.46 bits per heavy atom. The summed E-state index contributed by atoms with van der Waals surface area (Å²) in [6.07, 6.45) is 5.48. The highest BCUT2D eigenvalue weighted by atomic mass is 79.9. The van der Waals surface area contributed by atoms with E-state index in [4.69, 9.17) is 4.74 Å². The van der Waals surface area contributed by atoms with Crippen molar-refractivity contribution in [3.05, 3.63) is 16.4 Å². The molecule has 1 saturated heterocycles. The third-order valence-electron chi connectivity index (χ3n) is 2.33. The van der Waals surface area contributed by atoms with Crippen molar-refractivity contribution >= 4 is 15.9 Å². The number of aryl methyl sites for hydroxylation is 1. The molecule has 0 N–H and O–H groups in total. The van der Waals surface area contributed by atoms with Crippen molar-refractivity contribution in [1.29, 1.82) is 0 Å². The first kappa shape index (κ1) is 9.21. The third kappa shape index (κ3) is 1.79. The molecule has 3 nitrogen and oxygen atoms in total. The molecule has 1 aliphatic heterocycles. The first-order valence-electron chi connectivity index (χ1n) is 4.60. The van der Waals surface area contributed by atoms with Gasteiger partial charge in [0, 0.05) is 12.2 Å². The summed E-state index contributed by atoms with van der Waals surface area (Å²) in [5.41, 5.74) is 1.16. The maximum atomic E-state index is 5.63. The molecule has 1 aromatic heterocycles. The van der Waals surface area contributed by atoms with Crippen LogP contribution >= 0.6 is 15.9 Å². The van der Waals surface area contributed by atoms with Crippen LogP contribution < -0.4 is 0 Å². The van der Waals surface area contributed by atoms with Crippen molar-refractivity contribution in [2.75, 3.05) is 6.61 Å². The first-order valence-corrected chi connectivity index (χ1v) is 5.39. The number of aromatic nitrogens is 2. The minimum absolute atomic E-state index is 0.136. The Hall–Kier alpha value is -0.350. The number of hydrogen-bond donors (Lipinski definition) is 0. The zero-order chi connectivity index (χ0) is 9.26. The second-order valence-electron chi connectivity index (χ2n) is 3.38. The van der Waals surface area contributed by atoms with Gasteiger partial charge in [0.15, 0.2) is 6.23 Å². The van der Waals surface area contributed by atoms with Gasteiger partial charge in [-0.05, 0) is 42.1 Å². The SMILES string of the molecule is Cc1cnn([C@H]2CCCCO2)c1Br. The predicted octanol–water partition coefficient (Wildman–Crippen LogP) is 2.65. The summed E-state index contributed by atoms with van der Waals surface area (Å²) in [5.74, 6) is 0. The van der Waals surface area contributed by atoms with Crippen LogP contribution in [0.15, 0.2) is 10.8 Å². The zero-order valence-corrected chi connectivity index (χ0v) is 9.25. The van der Waals surface area contributed by atoms with Gasteiger partial charge in [-0.2, -0.15) is 5.10 Å². The lowest BCUT2D eigenvalue weighted by Gasteiger charge is -2.23. The molecule has 1 atom stereocenters. The second kappa shape index (κ2) is 3.80. The van der Waals surface area contributed by atoms with Crippen molar-refractivity contribution in [1.82, 2.24) is 9.78 Å². The van der Waals surface area contributed by atoms with Gasteiger partial charge >= 0.3 is 0 Å². The zero-order valence-electron chi connectivity index (χ0n) is 7.66. The number of ether oxygens (including phenoxy) is 1. The Morgan fingerprint density at radius 3 is 3.00 bits per heavy atom. The maximum Gasteiger partial charge on any atom is 0.151 e. The molecule has 1 aliphatic rings. The lowest BCUT2D eigenvalue weighted by atomic mass is 10.2. The van der Waals surface area contributed by atoms with E-state index in [0.717, 1.165) is 23.2 Å². The summed E-state index contributed by atoms with van der Waals surface area (Å²) in [6, 6.07) is 0. The molecule has 2 heterocycles. The van der Waals surface area contributed by atoms with Gasteiger partial charge in [0.25, 0.3) is 0 Å². The van der Waals surface area contributed by atoms with Crippen LogP contribution in [0.25, 0.3) is 0 Å². The molecule has 72 valence electrons. The average Bonchev–Trinajstić information content (AvgIpc) is 2.49. The summed E-state index contributed by atoms with van der Waals surface area (Å²) in [7, 11) is 0.